The maximum Gasteiger partial charge on any atom is 0.108 e. The zero-order valence-electron chi connectivity index (χ0n) is 14.9. The average Bonchev–Trinajstić information content (AvgIpc) is 2.96. The molecule has 2 fully saturated rings. The number of nitrogens with zero attached hydrogens (tertiary/aromatic N) is 1. The van der Waals surface area contributed by atoms with E-state index in [2.05, 4.69) is 31.0 Å². The van der Waals surface area contributed by atoms with E-state index in [4.69, 9.17) is 0 Å². The summed E-state index contributed by atoms with van der Waals surface area (Å²) < 4.78 is 0. The van der Waals surface area contributed by atoms with E-state index in [1.807, 2.05) is 6.92 Å². The number of aliphatic hydroxyl groups excluding tert-OH is 2. The van der Waals surface area contributed by atoms with Gasteiger partial charge in [0.2, 0.25) is 0 Å². The first-order valence-electron chi connectivity index (χ1n) is 9.16. The van der Waals surface area contributed by atoms with Gasteiger partial charge in [0.1, 0.15) is 6.23 Å². The van der Waals surface area contributed by atoms with Crippen LogP contribution >= 0.6 is 0 Å². The molecule has 0 bridgehead atoms. The van der Waals surface area contributed by atoms with E-state index in [0.717, 1.165) is 25.9 Å². The Labute approximate surface area is 136 Å². The van der Waals surface area contributed by atoms with Gasteiger partial charge in [-0.3, -0.25) is 10.2 Å². The highest BCUT2D eigenvalue weighted by Gasteiger charge is 2.35. The minimum atomic E-state index is -0.484. The summed E-state index contributed by atoms with van der Waals surface area (Å²) in [6.07, 6.45) is 6.19. The summed E-state index contributed by atoms with van der Waals surface area (Å²) in [6, 6.07) is 0.153. The standard InChI is InChI=1S/C18H36N2O2/c1-13(20-11-7-10-18(3,4)12-20)16(14(2)21)19-17(22)15-8-5-6-9-15/h13-17,19,21-22H,5-12H2,1-4H3/t13-,14?,16+,17+/m1/s1. The Morgan fingerprint density at radius 2 is 1.73 bits per heavy atom. The van der Waals surface area contributed by atoms with E-state index in [9.17, 15) is 10.2 Å². The topological polar surface area (TPSA) is 55.7 Å². The van der Waals surface area contributed by atoms with Crippen molar-refractivity contribution in [3.8, 4) is 0 Å². The monoisotopic (exact) mass is 312 g/mol. The molecule has 1 heterocycles. The maximum atomic E-state index is 10.5. The molecular weight excluding hydrogens is 276 g/mol. The number of piperidine rings is 1. The molecule has 1 saturated heterocycles. The van der Waals surface area contributed by atoms with Gasteiger partial charge in [0.25, 0.3) is 0 Å². The Hall–Kier alpha value is -0.160. The van der Waals surface area contributed by atoms with Crippen LogP contribution in [0.1, 0.15) is 66.2 Å². The first kappa shape index (κ1) is 18.2. The van der Waals surface area contributed by atoms with Crippen molar-refractivity contribution in [1.29, 1.82) is 0 Å². The van der Waals surface area contributed by atoms with Gasteiger partial charge in [-0.05, 0) is 57.4 Å². The minimum absolute atomic E-state index is 0.0792. The molecule has 130 valence electrons. The predicted octanol–water partition coefficient (Wildman–Crippen LogP) is 2.34. The molecule has 0 amide bonds. The van der Waals surface area contributed by atoms with Crippen LogP contribution in [0, 0.1) is 11.3 Å². The van der Waals surface area contributed by atoms with Crippen LogP contribution in [0.15, 0.2) is 0 Å². The smallest absolute Gasteiger partial charge is 0.108 e. The minimum Gasteiger partial charge on any atom is -0.392 e. The molecule has 22 heavy (non-hydrogen) atoms. The molecule has 0 radical (unpaired) electrons. The van der Waals surface area contributed by atoms with E-state index < -0.39 is 12.3 Å². The summed E-state index contributed by atoms with van der Waals surface area (Å²) in [5, 5.41) is 24.1. The summed E-state index contributed by atoms with van der Waals surface area (Å²) in [5.41, 5.74) is 0.347. The van der Waals surface area contributed by atoms with Crippen molar-refractivity contribution in [2.75, 3.05) is 13.1 Å². The Kier molecular flexibility index (Phi) is 6.29. The fourth-order valence-corrected chi connectivity index (χ4v) is 4.33. The van der Waals surface area contributed by atoms with Crippen molar-refractivity contribution in [1.82, 2.24) is 10.2 Å². The Morgan fingerprint density at radius 3 is 2.27 bits per heavy atom. The fraction of sp³-hybridized carbons (Fsp3) is 1.00. The summed E-state index contributed by atoms with van der Waals surface area (Å²) in [7, 11) is 0. The van der Waals surface area contributed by atoms with Gasteiger partial charge in [0.05, 0.1) is 12.1 Å². The number of likely N-dealkylation sites (tertiary alicyclic amines) is 1. The van der Waals surface area contributed by atoms with E-state index in [1.54, 1.807) is 0 Å². The summed E-state index contributed by atoms with van der Waals surface area (Å²) in [6.45, 7) is 10.8. The third kappa shape index (κ3) is 4.67. The van der Waals surface area contributed by atoms with Crippen molar-refractivity contribution < 1.29 is 10.2 Å². The van der Waals surface area contributed by atoms with Gasteiger partial charge in [-0.25, -0.2) is 0 Å². The van der Waals surface area contributed by atoms with Crippen LogP contribution in [0.25, 0.3) is 0 Å². The SMILES string of the molecule is CC(O)[C@@H](N[C@@H](O)C1CCCC1)[C@@H](C)N1CCCC(C)(C)C1. The molecule has 0 spiro atoms. The number of aliphatic hydroxyl groups is 2. The van der Waals surface area contributed by atoms with E-state index in [0.29, 0.717) is 11.3 Å². The average molecular weight is 312 g/mol. The maximum absolute atomic E-state index is 10.5. The predicted molar refractivity (Wildman–Crippen MR) is 90.6 cm³/mol. The highest BCUT2D eigenvalue weighted by Crippen LogP contribution is 2.31. The normalized spacial score (nSPS) is 29.2. The molecule has 4 heteroatoms. The molecular formula is C18H36N2O2. The molecule has 4 nitrogen and oxygen atoms in total. The van der Waals surface area contributed by atoms with E-state index in [-0.39, 0.29) is 12.1 Å². The second-order valence-corrected chi connectivity index (χ2v) is 8.40. The Morgan fingerprint density at radius 1 is 1.09 bits per heavy atom. The Bertz CT molecular complexity index is 340. The van der Waals surface area contributed by atoms with Crippen molar-refractivity contribution in [2.45, 2.75) is 90.6 Å². The van der Waals surface area contributed by atoms with Crippen LogP contribution in [-0.4, -0.2) is 52.6 Å². The van der Waals surface area contributed by atoms with Crippen molar-refractivity contribution in [2.24, 2.45) is 11.3 Å². The quantitative estimate of drug-likeness (QED) is 0.659. The molecule has 0 aromatic carbocycles. The van der Waals surface area contributed by atoms with Gasteiger partial charge in [-0.15, -0.1) is 0 Å². The Balaban J connectivity index is 1.97. The van der Waals surface area contributed by atoms with Crippen LogP contribution in [0.4, 0.5) is 0 Å². The third-order valence-corrected chi connectivity index (χ3v) is 5.75. The zero-order valence-corrected chi connectivity index (χ0v) is 14.9. The molecule has 1 unspecified atom stereocenters. The molecule has 2 aliphatic rings. The van der Waals surface area contributed by atoms with Crippen LogP contribution in [0.2, 0.25) is 0 Å². The molecule has 1 aliphatic carbocycles. The molecule has 4 atom stereocenters. The van der Waals surface area contributed by atoms with Crippen LogP contribution in [0.5, 0.6) is 0 Å². The van der Waals surface area contributed by atoms with Gasteiger partial charge in [0, 0.05) is 12.6 Å². The molecule has 0 aromatic heterocycles. The molecule has 3 N–H and O–H groups in total. The van der Waals surface area contributed by atoms with Gasteiger partial charge < -0.3 is 10.2 Å². The van der Waals surface area contributed by atoms with Crippen molar-refractivity contribution in [3.05, 3.63) is 0 Å². The lowest BCUT2D eigenvalue weighted by Crippen LogP contribution is -2.59. The highest BCUT2D eigenvalue weighted by molar-refractivity contribution is 4.91. The molecule has 1 saturated carbocycles. The summed E-state index contributed by atoms with van der Waals surface area (Å²) in [4.78, 5) is 2.48. The van der Waals surface area contributed by atoms with Crippen molar-refractivity contribution >= 4 is 0 Å². The van der Waals surface area contributed by atoms with Crippen molar-refractivity contribution in [3.63, 3.8) is 0 Å². The fourth-order valence-electron chi connectivity index (χ4n) is 4.33. The van der Waals surface area contributed by atoms with Crippen LogP contribution < -0.4 is 5.32 Å². The summed E-state index contributed by atoms with van der Waals surface area (Å²) in [5.74, 6) is 0.353. The van der Waals surface area contributed by atoms with Gasteiger partial charge in [0.15, 0.2) is 0 Å². The number of nitrogens with one attached hydrogen (secondary N) is 1. The van der Waals surface area contributed by atoms with Crippen LogP contribution in [-0.2, 0) is 0 Å². The summed E-state index contributed by atoms with van der Waals surface area (Å²) >= 11 is 0. The zero-order chi connectivity index (χ0) is 16.3. The molecule has 0 aromatic rings. The first-order valence-corrected chi connectivity index (χ1v) is 9.16. The lowest BCUT2D eigenvalue weighted by molar-refractivity contribution is -0.00738. The van der Waals surface area contributed by atoms with E-state index in [1.165, 1.54) is 25.7 Å². The molecule has 1 aliphatic heterocycles. The first-order chi connectivity index (χ1) is 10.3. The number of rotatable bonds is 6. The largest absolute Gasteiger partial charge is 0.392 e. The lowest BCUT2D eigenvalue weighted by atomic mass is 9.83. The number of hydrogen-bond acceptors (Lipinski definition) is 4. The molecule has 2 rings (SSSR count). The lowest BCUT2D eigenvalue weighted by Gasteiger charge is -2.45. The van der Waals surface area contributed by atoms with Gasteiger partial charge >= 0.3 is 0 Å². The highest BCUT2D eigenvalue weighted by atomic mass is 16.3. The third-order valence-electron chi connectivity index (χ3n) is 5.75. The van der Waals surface area contributed by atoms with E-state index >= 15 is 0 Å². The second kappa shape index (κ2) is 7.61. The van der Waals surface area contributed by atoms with Crippen LogP contribution in [0.3, 0.4) is 0 Å². The number of hydrogen-bond donors (Lipinski definition) is 3. The van der Waals surface area contributed by atoms with Gasteiger partial charge in [-0.2, -0.15) is 0 Å². The van der Waals surface area contributed by atoms with Gasteiger partial charge in [-0.1, -0.05) is 26.7 Å². The second-order valence-electron chi connectivity index (χ2n) is 8.40.